The molecule has 0 atom stereocenters. The van der Waals surface area contributed by atoms with Crippen LogP contribution in [0.25, 0.3) is 0 Å². The maximum Gasteiger partial charge on any atom is 0.273 e. The van der Waals surface area contributed by atoms with E-state index in [1.165, 1.54) is 0 Å². The number of nitro groups is 1. The van der Waals surface area contributed by atoms with Crippen molar-refractivity contribution in [3.63, 3.8) is 0 Å². The van der Waals surface area contributed by atoms with Crippen LogP contribution in [0, 0.1) is 15.9 Å². The largest absolute Gasteiger partial charge is 0.294 e. The first-order valence-electron chi connectivity index (χ1n) is 4.10. The predicted molar refractivity (Wildman–Crippen MR) is 45.7 cm³/mol. The van der Waals surface area contributed by atoms with Crippen LogP contribution >= 0.6 is 0 Å². The van der Waals surface area contributed by atoms with Crippen LogP contribution in [0.1, 0.15) is 22.3 Å². The molecule has 0 bridgehead atoms. The minimum Gasteiger partial charge on any atom is -0.294 e. The predicted octanol–water partition coefficient (Wildman–Crippen LogP) is 1.86. The second-order valence-corrected chi connectivity index (χ2v) is 3.10. The van der Waals surface area contributed by atoms with Crippen molar-refractivity contribution in [1.82, 2.24) is 0 Å². The number of ketones is 1. The van der Waals surface area contributed by atoms with E-state index < -0.39 is 10.7 Å². The SMILES string of the molecule is O=C1CCc2c([N+](=O)[O-])ccc(F)c21. The number of Topliss-reactive ketones (excluding diaryl/α,β-unsaturated/α-hetero) is 1. The number of carbonyl (C=O) groups excluding carboxylic acids is 1. The fraction of sp³-hybridized carbons (Fsp3) is 0.222. The third-order valence-electron chi connectivity index (χ3n) is 2.31. The molecule has 0 aromatic heterocycles. The van der Waals surface area contributed by atoms with Gasteiger partial charge in [-0.1, -0.05) is 0 Å². The Morgan fingerprint density at radius 1 is 1.36 bits per heavy atom. The lowest BCUT2D eigenvalue weighted by molar-refractivity contribution is -0.385. The van der Waals surface area contributed by atoms with Crippen LogP contribution < -0.4 is 0 Å². The highest BCUT2D eigenvalue weighted by atomic mass is 19.1. The van der Waals surface area contributed by atoms with Crippen molar-refractivity contribution >= 4 is 11.5 Å². The number of fused-ring (bicyclic) bond motifs is 1. The van der Waals surface area contributed by atoms with Gasteiger partial charge in [0.2, 0.25) is 0 Å². The molecule has 4 nitrogen and oxygen atoms in total. The highest BCUT2D eigenvalue weighted by Crippen LogP contribution is 2.31. The molecule has 0 spiro atoms. The van der Waals surface area contributed by atoms with Gasteiger partial charge in [-0.3, -0.25) is 14.9 Å². The Kier molecular flexibility index (Phi) is 1.80. The van der Waals surface area contributed by atoms with E-state index in [0.717, 1.165) is 12.1 Å². The topological polar surface area (TPSA) is 60.2 Å². The highest BCUT2D eigenvalue weighted by molar-refractivity contribution is 6.01. The molecule has 1 aliphatic carbocycles. The van der Waals surface area contributed by atoms with Gasteiger partial charge in [-0.15, -0.1) is 0 Å². The molecule has 5 heteroatoms. The van der Waals surface area contributed by atoms with Crippen molar-refractivity contribution in [3.8, 4) is 0 Å². The van der Waals surface area contributed by atoms with Crippen LogP contribution in [0.15, 0.2) is 12.1 Å². The number of benzene rings is 1. The molecule has 0 saturated carbocycles. The maximum atomic E-state index is 13.1. The lowest BCUT2D eigenvalue weighted by atomic mass is 10.1. The first kappa shape index (κ1) is 8.80. The molecule has 0 radical (unpaired) electrons. The van der Waals surface area contributed by atoms with Gasteiger partial charge in [-0.2, -0.15) is 0 Å². The van der Waals surface area contributed by atoms with Crippen LogP contribution in [0.5, 0.6) is 0 Å². The van der Waals surface area contributed by atoms with Gasteiger partial charge in [0.25, 0.3) is 5.69 Å². The Morgan fingerprint density at radius 3 is 2.71 bits per heavy atom. The van der Waals surface area contributed by atoms with Crippen LogP contribution in [0.3, 0.4) is 0 Å². The van der Waals surface area contributed by atoms with Gasteiger partial charge in [0.1, 0.15) is 5.82 Å². The summed E-state index contributed by atoms with van der Waals surface area (Å²) < 4.78 is 13.1. The quantitative estimate of drug-likeness (QED) is 0.507. The molecule has 0 unspecified atom stereocenters. The molecule has 1 aromatic carbocycles. The summed E-state index contributed by atoms with van der Waals surface area (Å²) in [7, 11) is 0. The van der Waals surface area contributed by atoms with Gasteiger partial charge >= 0.3 is 0 Å². The summed E-state index contributed by atoms with van der Waals surface area (Å²) in [5, 5.41) is 10.6. The van der Waals surface area contributed by atoms with Gasteiger partial charge in [0, 0.05) is 18.1 Å². The molecule has 14 heavy (non-hydrogen) atoms. The number of nitrogens with zero attached hydrogens (tertiary/aromatic N) is 1. The van der Waals surface area contributed by atoms with Crippen molar-refractivity contribution in [2.45, 2.75) is 12.8 Å². The maximum absolute atomic E-state index is 13.1. The molecular formula is C9H6FNO3. The Morgan fingerprint density at radius 2 is 2.07 bits per heavy atom. The Hall–Kier alpha value is -1.78. The van der Waals surface area contributed by atoms with E-state index in [1.54, 1.807) is 0 Å². The average molecular weight is 195 g/mol. The zero-order valence-corrected chi connectivity index (χ0v) is 7.12. The lowest BCUT2D eigenvalue weighted by Crippen LogP contribution is -1.99. The number of carbonyl (C=O) groups is 1. The highest BCUT2D eigenvalue weighted by Gasteiger charge is 2.30. The summed E-state index contributed by atoms with van der Waals surface area (Å²) >= 11 is 0. The monoisotopic (exact) mass is 195 g/mol. The van der Waals surface area contributed by atoms with Crippen molar-refractivity contribution in [2.75, 3.05) is 0 Å². The van der Waals surface area contributed by atoms with Crippen LogP contribution in [-0.4, -0.2) is 10.7 Å². The third kappa shape index (κ3) is 1.09. The van der Waals surface area contributed by atoms with E-state index in [-0.39, 0.29) is 35.4 Å². The standard InChI is InChI=1S/C9H6FNO3/c10-6-2-3-7(11(13)14)5-1-4-8(12)9(5)6/h2-3H,1,4H2. The van der Waals surface area contributed by atoms with E-state index in [0.29, 0.717) is 0 Å². The Labute approximate surface area is 78.5 Å². The summed E-state index contributed by atoms with van der Waals surface area (Å²) in [4.78, 5) is 21.2. The van der Waals surface area contributed by atoms with Crippen molar-refractivity contribution in [2.24, 2.45) is 0 Å². The van der Waals surface area contributed by atoms with E-state index in [1.807, 2.05) is 0 Å². The molecule has 0 saturated heterocycles. The van der Waals surface area contributed by atoms with E-state index in [4.69, 9.17) is 0 Å². The minimum absolute atomic E-state index is 0.0980. The normalized spacial score (nSPS) is 14.2. The minimum atomic E-state index is -0.659. The molecule has 0 heterocycles. The summed E-state index contributed by atoms with van der Waals surface area (Å²) in [5.74, 6) is -1.01. The van der Waals surface area contributed by atoms with Gasteiger partial charge in [-0.25, -0.2) is 4.39 Å². The van der Waals surface area contributed by atoms with Crippen LogP contribution in [0.2, 0.25) is 0 Å². The molecule has 0 aliphatic heterocycles. The van der Waals surface area contributed by atoms with Crippen molar-refractivity contribution in [3.05, 3.63) is 39.2 Å². The molecule has 72 valence electrons. The molecule has 0 N–H and O–H groups in total. The van der Waals surface area contributed by atoms with E-state index in [2.05, 4.69) is 0 Å². The number of nitro benzene ring substituents is 1. The molecule has 1 aliphatic rings. The van der Waals surface area contributed by atoms with Gasteiger partial charge in [-0.05, 0) is 12.5 Å². The first-order valence-corrected chi connectivity index (χ1v) is 4.10. The zero-order valence-electron chi connectivity index (χ0n) is 7.12. The van der Waals surface area contributed by atoms with Crippen molar-refractivity contribution < 1.29 is 14.1 Å². The number of halogens is 1. The molecule has 0 amide bonds. The number of hydrogen-bond donors (Lipinski definition) is 0. The summed E-state index contributed by atoms with van der Waals surface area (Å²) in [5.41, 5.74) is -0.0218. The summed E-state index contributed by atoms with van der Waals surface area (Å²) in [6.45, 7) is 0. The number of hydrogen-bond acceptors (Lipinski definition) is 3. The number of rotatable bonds is 1. The molecular weight excluding hydrogens is 189 g/mol. The van der Waals surface area contributed by atoms with E-state index in [9.17, 15) is 19.3 Å². The zero-order chi connectivity index (χ0) is 10.3. The Bertz CT molecular complexity index is 442. The van der Waals surface area contributed by atoms with E-state index >= 15 is 0 Å². The molecule has 1 aromatic rings. The average Bonchev–Trinajstić information content (AvgIpc) is 2.49. The fourth-order valence-corrected chi connectivity index (χ4v) is 1.70. The summed E-state index contributed by atoms with van der Waals surface area (Å²) in [6, 6.07) is 2.08. The lowest BCUT2D eigenvalue weighted by Gasteiger charge is -2.00. The second-order valence-electron chi connectivity index (χ2n) is 3.10. The molecule has 0 fully saturated rings. The molecule has 2 rings (SSSR count). The first-order chi connectivity index (χ1) is 6.61. The summed E-state index contributed by atoms with van der Waals surface area (Å²) in [6.07, 6.45) is 0.430. The third-order valence-corrected chi connectivity index (χ3v) is 2.31. The van der Waals surface area contributed by atoms with Crippen LogP contribution in [-0.2, 0) is 6.42 Å². The Balaban J connectivity index is 2.70. The van der Waals surface area contributed by atoms with Crippen molar-refractivity contribution in [1.29, 1.82) is 0 Å². The smallest absolute Gasteiger partial charge is 0.273 e. The van der Waals surface area contributed by atoms with Gasteiger partial charge in [0.15, 0.2) is 5.78 Å². The van der Waals surface area contributed by atoms with Gasteiger partial charge in [0.05, 0.1) is 10.5 Å². The van der Waals surface area contributed by atoms with Gasteiger partial charge < -0.3 is 0 Å². The fourth-order valence-electron chi connectivity index (χ4n) is 1.70. The second kappa shape index (κ2) is 2.87. The van der Waals surface area contributed by atoms with Crippen LogP contribution in [0.4, 0.5) is 10.1 Å².